The third kappa shape index (κ3) is 7.78. The Labute approximate surface area is 258 Å². The number of hydrogen-bond acceptors (Lipinski definition) is 8. The molecule has 0 aliphatic carbocycles. The number of aryl methyl sites for hydroxylation is 1. The van der Waals surface area contributed by atoms with Gasteiger partial charge in [0.25, 0.3) is 0 Å². The summed E-state index contributed by atoms with van der Waals surface area (Å²) in [6.07, 6.45) is -0.684. The summed E-state index contributed by atoms with van der Waals surface area (Å²) >= 11 is 0. The van der Waals surface area contributed by atoms with Crippen molar-refractivity contribution in [2.24, 2.45) is 0 Å². The predicted octanol–water partition coefficient (Wildman–Crippen LogP) is 5.94. The number of benzene rings is 1. The number of halogens is 4. The van der Waals surface area contributed by atoms with Gasteiger partial charge in [-0.25, -0.2) is 24.1 Å². The number of carbonyl (C=O) groups excluding carboxylic acids is 2. The molecule has 2 amide bonds. The summed E-state index contributed by atoms with van der Waals surface area (Å²) in [7, 11) is 2.99. The number of nitrogens with one attached hydrogen (secondary N) is 1. The molecule has 0 fully saturated rings. The van der Waals surface area contributed by atoms with E-state index in [1.165, 1.54) is 18.1 Å². The fourth-order valence-corrected chi connectivity index (χ4v) is 5.37. The molecular formula is C31H36F4N6O4. The number of alkyl halides is 4. The van der Waals surface area contributed by atoms with E-state index in [1.54, 1.807) is 43.4 Å². The van der Waals surface area contributed by atoms with Gasteiger partial charge in [-0.3, -0.25) is 9.69 Å². The molecule has 0 unspecified atom stereocenters. The molecular weight excluding hydrogens is 596 g/mol. The Morgan fingerprint density at radius 1 is 1.09 bits per heavy atom. The molecule has 0 radical (unpaired) electrons. The van der Waals surface area contributed by atoms with Crippen LogP contribution in [-0.4, -0.2) is 53.8 Å². The molecule has 1 aliphatic heterocycles. The van der Waals surface area contributed by atoms with E-state index >= 15 is 0 Å². The molecule has 45 heavy (non-hydrogen) atoms. The second-order valence-corrected chi connectivity index (χ2v) is 10.5. The quantitative estimate of drug-likeness (QED) is 0.259. The SMILES string of the molecule is CCOC(=O)N1c2ccc(OC)nc2[C@@H](N(Cc2cc(CF)cc(C(F)(F)F)c2)c2ncc(CCC(=O)NC)cn2)C[C@H]1CC. The van der Waals surface area contributed by atoms with Crippen molar-refractivity contribution in [3.8, 4) is 5.88 Å². The van der Waals surface area contributed by atoms with Gasteiger partial charge in [0, 0.05) is 44.5 Å². The molecule has 10 nitrogen and oxygen atoms in total. The Balaban J connectivity index is 1.85. The maximum Gasteiger partial charge on any atom is 0.416 e. The number of methoxy groups -OCH3 is 1. The number of aromatic nitrogens is 3. The molecule has 1 aromatic carbocycles. The van der Waals surface area contributed by atoms with Gasteiger partial charge in [0.15, 0.2) is 0 Å². The highest BCUT2D eigenvalue weighted by Crippen LogP contribution is 2.43. The van der Waals surface area contributed by atoms with Crippen LogP contribution in [0, 0.1) is 0 Å². The molecule has 2 atom stereocenters. The van der Waals surface area contributed by atoms with Crippen LogP contribution in [0.1, 0.15) is 67.1 Å². The first-order valence-electron chi connectivity index (χ1n) is 14.6. The van der Waals surface area contributed by atoms with E-state index in [-0.39, 0.29) is 54.5 Å². The van der Waals surface area contributed by atoms with Crippen LogP contribution in [-0.2, 0) is 35.3 Å². The molecule has 3 heterocycles. The highest BCUT2D eigenvalue weighted by molar-refractivity contribution is 5.90. The van der Waals surface area contributed by atoms with Crippen molar-refractivity contribution in [3.63, 3.8) is 0 Å². The third-order valence-corrected chi connectivity index (χ3v) is 7.59. The summed E-state index contributed by atoms with van der Waals surface area (Å²) < 4.78 is 65.9. The Bertz CT molecular complexity index is 1490. The fraction of sp³-hybridized carbons (Fsp3) is 0.452. The second kappa shape index (κ2) is 14.5. The van der Waals surface area contributed by atoms with E-state index in [2.05, 4.69) is 20.3 Å². The minimum atomic E-state index is -4.69. The first-order chi connectivity index (χ1) is 21.5. The number of pyridine rings is 1. The van der Waals surface area contributed by atoms with Gasteiger partial charge in [-0.2, -0.15) is 13.2 Å². The van der Waals surface area contributed by atoms with Crippen molar-refractivity contribution in [1.29, 1.82) is 0 Å². The van der Waals surface area contributed by atoms with Gasteiger partial charge in [0.2, 0.25) is 17.7 Å². The number of nitrogens with zero attached hydrogens (tertiary/aromatic N) is 5. The van der Waals surface area contributed by atoms with Crippen LogP contribution in [0.2, 0.25) is 0 Å². The van der Waals surface area contributed by atoms with Crippen molar-refractivity contribution in [1.82, 2.24) is 20.3 Å². The van der Waals surface area contributed by atoms with Gasteiger partial charge in [0.1, 0.15) is 6.67 Å². The minimum Gasteiger partial charge on any atom is -0.481 e. The summed E-state index contributed by atoms with van der Waals surface area (Å²) in [4.78, 5) is 41.9. The summed E-state index contributed by atoms with van der Waals surface area (Å²) in [6, 6.07) is 5.46. The normalized spacial score (nSPS) is 16.1. The maximum absolute atomic E-state index is 13.8. The topological polar surface area (TPSA) is 110 Å². The van der Waals surface area contributed by atoms with Crippen LogP contribution >= 0.6 is 0 Å². The van der Waals surface area contributed by atoms with Gasteiger partial charge in [-0.05, 0) is 61.1 Å². The van der Waals surface area contributed by atoms with E-state index in [4.69, 9.17) is 9.47 Å². The zero-order valence-corrected chi connectivity index (χ0v) is 25.5. The molecule has 1 aliphatic rings. The van der Waals surface area contributed by atoms with Crippen LogP contribution in [0.25, 0.3) is 0 Å². The number of ether oxygens (including phenoxy) is 2. The van der Waals surface area contributed by atoms with E-state index in [1.807, 2.05) is 6.92 Å². The van der Waals surface area contributed by atoms with Crippen molar-refractivity contribution in [2.75, 3.05) is 30.6 Å². The molecule has 3 aromatic rings. The van der Waals surface area contributed by atoms with E-state index in [9.17, 15) is 27.2 Å². The number of rotatable bonds is 11. The summed E-state index contributed by atoms with van der Waals surface area (Å²) in [5.41, 5.74) is 0.658. The van der Waals surface area contributed by atoms with E-state index in [0.29, 0.717) is 36.2 Å². The molecule has 0 saturated carbocycles. The molecule has 0 saturated heterocycles. The predicted molar refractivity (Wildman–Crippen MR) is 159 cm³/mol. The number of hydrogen-bond donors (Lipinski definition) is 1. The average molecular weight is 633 g/mol. The Morgan fingerprint density at radius 2 is 1.80 bits per heavy atom. The first kappa shape index (κ1) is 33.4. The lowest BCUT2D eigenvalue weighted by molar-refractivity contribution is -0.137. The molecule has 0 bridgehead atoms. The Morgan fingerprint density at radius 3 is 2.40 bits per heavy atom. The van der Waals surface area contributed by atoms with E-state index in [0.717, 1.165) is 12.1 Å². The van der Waals surface area contributed by atoms with Crippen molar-refractivity contribution < 1.29 is 36.6 Å². The zero-order valence-electron chi connectivity index (χ0n) is 25.5. The Hall–Kier alpha value is -4.49. The maximum atomic E-state index is 13.8. The molecule has 2 aromatic heterocycles. The van der Waals surface area contributed by atoms with Gasteiger partial charge in [-0.15, -0.1) is 0 Å². The van der Waals surface area contributed by atoms with E-state index < -0.39 is 30.5 Å². The molecule has 4 rings (SSSR count). The Kier molecular flexibility index (Phi) is 10.8. The molecule has 242 valence electrons. The van der Waals surface area contributed by atoms with Gasteiger partial charge in [-0.1, -0.05) is 13.0 Å². The van der Waals surface area contributed by atoms with Crippen LogP contribution in [0.4, 0.5) is 34.0 Å². The lowest BCUT2D eigenvalue weighted by atomic mass is 9.92. The number of anilines is 2. The molecule has 0 spiro atoms. The average Bonchev–Trinajstić information content (AvgIpc) is 3.04. The highest BCUT2D eigenvalue weighted by Gasteiger charge is 2.41. The lowest BCUT2D eigenvalue weighted by Crippen LogP contribution is -2.48. The van der Waals surface area contributed by atoms with Gasteiger partial charge in [0.05, 0.1) is 36.7 Å². The smallest absolute Gasteiger partial charge is 0.416 e. The van der Waals surface area contributed by atoms with Crippen molar-refractivity contribution in [3.05, 3.63) is 70.7 Å². The summed E-state index contributed by atoms with van der Waals surface area (Å²) in [6.45, 7) is 2.57. The van der Waals surface area contributed by atoms with Crippen LogP contribution in [0.3, 0.4) is 0 Å². The third-order valence-electron chi connectivity index (χ3n) is 7.59. The monoisotopic (exact) mass is 632 g/mol. The number of fused-ring (bicyclic) bond motifs is 1. The molecule has 1 N–H and O–H groups in total. The van der Waals surface area contributed by atoms with Crippen LogP contribution < -0.4 is 19.9 Å². The van der Waals surface area contributed by atoms with Crippen LogP contribution in [0.5, 0.6) is 5.88 Å². The summed E-state index contributed by atoms with van der Waals surface area (Å²) in [5, 5.41) is 2.56. The second-order valence-electron chi connectivity index (χ2n) is 10.5. The van der Waals surface area contributed by atoms with Crippen molar-refractivity contribution >= 4 is 23.6 Å². The van der Waals surface area contributed by atoms with Gasteiger partial charge < -0.3 is 19.7 Å². The van der Waals surface area contributed by atoms with Gasteiger partial charge >= 0.3 is 12.3 Å². The minimum absolute atomic E-state index is 0.117. The zero-order chi connectivity index (χ0) is 32.7. The summed E-state index contributed by atoms with van der Waals surface area (Å²) in [5.74, 6) is 0.295. The highest BCUT2D eigenvalue weighted by atomic mass is 19.4. The number of amides is 2. The largest absolute Gasteiger partial charge is 0.481 e. The lowest BCUT2D eigenvalue weighted by Gasteiger charge is -2.43. The first-order valence-corrected chi connectivity index (χ1v) is 14.6. The van der Waals surface area contributed by atoms with Crippen molar-refractivity contribution in [2.45, 2.75) is 71.0 Å². The standard InChI is InChI=1S/C31H36F4N6O4/c1-5-23-14-25(28-24(8-10-27(39-28)44-4)41(23)30(43)45-6-2)40(29-37-16-19(17-38-29)7-9-26(42)36-3)18-21-11-20(15-32)12-22(13-21)31(33,34)35/h8,10-13,16-17,23,25H,5-7,9,14-15,18H2,1-4H3,(H,36,42)/t23-,25+/m1/s1. The van der Waals surface area contributed by atoms with Crippen LogP contribution in [0.15, 0.2) is 42.7 Å². The molecule has 14 heteroatoms. The number of carbonyl (C=O) groups is 2. The fourth-order valence-electron chi connectivity index (χ4n) is 5.37.